The number of methoxy groups -OCH3 is 1. The van der Waals surface area contributed by atoms with Crippen molar-refractivity contribution in [3.05, 3.63) is 42.5 Å². The van der Waals surface area contributed by atoms with Crippen molar-refractivity contribution in [1.29, 1.82) is 0 Å². The molecule has 0 heterocycles. The van der Waals surface area contributed by atoms with Crippen molar-refractivity contribution >= 4 is 5.97 Å². The molecule has 0 aromatic heterocycles. The molecule has 1 aromatic carbocycles. The van der Waals surface area contributed by atoms with Gasteiger partial charge in [0.1, 0.15) is 17.4 Å². The fourth-order valence-electron chi connectivity index (χ4n) is 2.32. The number of benzene rings is 1. The minimum atomic E-state index is -0.696. The number of nitrogens with two attached hydrogens (primary N) is 1. The molecule has 0 aliphatic heterocycles. The summed E-state index contributed by atoms with van der Waals surface area (Å²) in [7, 11) is 1.64. The van der Waals surface area contributed by atoms with Crippen molar-refractivity contribution < 1.29 is 19.0 Å². The van der Waals surface area contributed by atoms with E-state index >= 15 is 0 Å². The number of ether oxygens (including phenoxy) is 3. The summed E-state index contributed by atoms with van der Waals surface area (Å²) in [6.07, 6.45) is 3.24. The number of rotatable bonds is 10. The van der Waals surface area contributed by atoms with Crippen LogP contribution in [0.1, 0.15) is 39.2 Å². The van der Waals surface area contributed by atoms with Gasteiger partial charge in [-0.3, -0.25) is 4.79 Å². The Morgan fingerprint density at radius 2 is 1.92 bits per heavy atom. The lowest BCUT2D eigenvalue weighted by molar-refractivity contribution is -0.157. The third-order valence-corrected chi connectivity index (χ3v) is 3.70. The molecule has 2 N–H and O–H groups in total. The second-order valence-corrected chi connectivity index (χ2v) is 7.00. The molecule has 0 aliphatic rings. The number of hydrogen-bond acceptors (Lipinski definition) is 5. The van der Waals surface area contributed by atoms with Gasteiger partial charge in [0.15, 0.2) is 0 Å². The largest absolute Gasteiger partial charge is 0.497 e. The van der Waals surface area contributed by atoms with E-state index in [0.29, 0.717) is 13.2 Å². The van der Waals surface area contributed by atoms with Crippen LogP contribution in [-0.4, -0.2) is 31.3 Å². The molecule has 0 fully saturated rings. The number of carbonyl (C=O) groups excluding carboxylic acids is 1. The highest BCUT2D eigenvalue weighted by atomic mass is 16.6. The van der Waals surface area contributed by atoms with Gasteiger partial charge in [-0.25, -0.2) is 0 Å². The number of carbonyl (C=O) groups is 1. The van der Waals surface area contributed by atoms with Crippen LogP contribution in [0, 0.1) is 5.92 Å². The van der Waals surface area contributed by atoms with E-state index in [1.54, 1.807) is 13.2 Å². The normalized spacial score (nSPS) is 13.8. The third-order valence-electron chi connectivity index (χ3n) is 3.70. The zero-order chi connectivity index (χ0) is 18.9. The molecule has 1 aromatic rings. The SMILES string of the molecule is C=C[C@H](CCCOCc1ccc(OC)cc1)[C@H](N)C(=O)OC(C)(C)C. The van der Waals surface area contributed by atoms with Crippen LogP contribution in [-0.2, 0) is 20.9 Å². The van der Waals surface area contributed by atoms with Gasteiger partial charge in [0, 0.05) is 12.5 Å². The smallest absolute Gasteiger partial charge is 0.324 e. The molecular formula is C20H31NO4. The molecule has 5 heteroatoms. The van der Waals surface area contributed by atoms with E-state index in [1.807, 2.05) is 45.0 Å². The number of esters is 1. The van der Waals surface area contributed by atoms with E-state index in [2.05, 4.69) is 6.58 Å². The van der Waals surface area contributed by atoms with Gasteiger partial charge in [0.05, 0.1) is 13.7 Å². The summed E-state index contributed by atoms with van der Waals surface area (Å²) >= 11 is 0. The highest BCUT2D eigenvalue weighted by Crippen LogP contribution is 2.17. The molecule has 0 saturated heterocycles. The van der Waals surface area contributed by atoms with E-state index in [0.717, 1.165) is 24.2 Å². The Labute approximate surface area is 151 Å². The summed E-state index contributed by atoms with van der Waals surface area (Å²) in [6, 6.07) is 7.07. The van der Waals surface area contributed by atoms with E-state index in [1.165, 1.54) is 0 Å². The minimum Gasteiger partial charge on any atom is -0.497 e. The van der Waals surface area contributed by atoms with Gasteiger partial charge in [0.2, 0.25) is 0 Å². The first-order valence-corrected chi connectivity index (χ1v) is 8.58. The molecule has 140 valence electrons. The van der Waals surface area contributed by atoms with Crippen LogP contribution >= 0.6 is 0 Å². The molecule has 0 spiro atoms. The average Bonchev–Trinajstić information content (AvgIpc) is 2.56. The summed E-state index contributed by atoms with van der Waals surface area (Å²) in [5.41, 5.74) is 6.56. The molecule has 0 bridgehead atoms. The maximum Gasteiger partial charge on any atom is 0.324 e. The van der Waals surface area contributed by atoms with Crippen LogP contribution in [0.3, 0.4) is 0 Å². The Kier molecular flexibility index (Phi) is 8.66. The molecule has 0 amide bonds. The van der Waals surface area contributed by atoms with Crippen LogP contribution in [0.25, 0.3) is 0 Å². The predicted octanol–water partition coefficient (Wildman–Crippen LogP) is 3.46. The van der Waals surface area contributed by atoms with Gasteiger partial charge >= 0.3 is 5.97 Å². The zero-order valence-corrected chi connectivity index (χ0v) is 15.8. The molecule has 0 unspecified atom stereocenters. The average molecular weight is 349 g/mol. The highest BCUT2D eigenvalue weighted by molar-refractivity contribution is 5.76. The summed E-state index contributed by atoms with van der Waals surface area (Å²) in [5.74, 6) is 0.310. The topological polar surface area (TPSA) is 70.8 Å². The molecule has 5 nitrogen and oxygen atoms in total. The van der Waals surface area contributed by atoms with Crippen molar-refractivity contribution in [2.75, 3.05) is 13.7 Å². The van der Waals surface area contributed by atoms with Gasteiger partial charge in [-0.2, -0.15) is 0 Å². The summed E-state index contributed by atoms with van der Waals surface area (Å²) in [4.78, 5) is 12.0. The third kappa shape index (κ3) is 8.18. The lowest BCUT2D eigenvalue weighted by atomic mass is 9.95. The summed E-state index contributed by atoms with van der Waals surface area (Å²) < 4.78 is 16.1. The Morgan fingerprint density at radius 1 is 1.28 bits per heavy atom. The monoisotopic (exact) mass is 349 g/mol. The highest BCUT2D eigenvalue weighted by Gasteiger charge is 2.27. The van der Waals surface area contributed by atoms with E-state index in [9.17, 15) is 4.79 Å². The molecule has 0 aliphatic carbocycles. The number of hydrogen-bond donors (Lipinski definition) is 1. The lowest BCUT2D eigenvalue weighted by Crippen LogP contribution is -2.42. The maximum atomic E-state index is 12.0. The van der Waals surface area contributed by atoms with Crippen molar-refractivity contribution in [2.45, 2.75) is 51.9 Å². The van der Waals surface area contributed by atoms with Crippen LogP contribution in [0.2, 0.25) is 0 Å². The first kappa shape index (κ1) is 21.2. The van der Waals surface area contributed by atoms with E-state index in [-0.39, 0.29) is 5.92 Å². The van der Waals surface area contributed by atoms with Gasteiger partial charge in [-0.05, 0) is 51.3 Å². The predicted molar refractivity (Wildman–Crippen MR) is 99.4 cm³/mol. The first-order valence-electron chi connectivity index (χ1n) is 8.58. The van der Waals surface area contributed by atoms with Crippen LogP contribution in [0.15, 0.2) is 36.9 Å². The summed E-state index contributed by atoms with van der Waals surface area (Å²) in [6.45, 7) is 10.4. The van der Waals surface area contributed by atoms with Crippen LogP contribution in [0.5, 0.6) is 5.75 Å². The molecular weight excluding hydrogens is 318 g/mol. The van der Waals surface area contributed by atoms with E-state index < -0.39 is 17.6 Å². The van der Waals surface area contributed by atoms with Crippen LogP contribution in [0.4, 0.5) is 0 Å². The van der Waals surface area contributed by atoms with Crippen molar-refractivity contribution in [2.24, 2.45) is 11.7 Å². The fourth-order valence-corrected chi connectivity index (χ4v) is 2.32. The van der Waals surface area contributed by atoms with Crippen LogP contribution < -0.4 is 10.5 Å². The first-order chi connectivity index (χ1) is 11.8. The second kappa shape index (κ2) is 10.2. The fraction of sp³-hybridized carbons (Fsp3) is 0.550. The van der Waals surface area contributed by atoms with Gasteiger partial charge in [0.25, 0.3) is 0 Å². The van der Waals surface area contributed by atoms with Gasteiger partial charge < -0.3 is 19.9 Å². The van der Waals surface area contributed by atoms with Gasteiger partial charge in [-0.1, -0.05) is 18.2 Å². The lowest BCUT2D eigenvalue weighted by Gasteiger charge is -2.25. The van der Waals surface area contributed by atoms with Crippen molar-refractivity contribution in [3.8, 4) is 5.75 Å². The molecule has 25 heavy (non-hydrogen) atoms. The Bertz CT molecular complexity index is 534. The molecule has 0 radical (unpaired) electrons. The van der Waals surface area contributed by atoms with Crippen molar-refractivity contribution in [1.82, 2.24) is 0 Å². The Morgan fingerprint density at radius 3 is 2.44 bits per heavy atom. The van der Waals surface area contributed by atoms with Gasteiger partial charge in [-0.15, -0.1) is 6.58 Å². The van der Waals surface area contributed by atoms with Crippen molar-refractivity contribution in [3.63, 3.8) is 0 Å². The zero-order valence-electron chi connectivity index (χ0n) is 15.8. The second-order valence-electron chi connectivity index (χ2n) is 7.00. The maximum absolute atomic E-state index is 12.0. The quantitative estimate of drug-likeness (QED) is 0.398. The minimum absolute atomic E-state index is 0.126. The summed E-state index contributed by atoms with van der Waals surface area (Å²) in [5, 5.41) is 0. The molecule has 1 rings (SSSR count). The Hall–Kier alpha value is -1.85. The molecule has 2 atom stereocenters. The Balaban J connectivity index is 2.32. The standard InChI is InChI=1S/C20H31NO4/c1-6-16(18(21)19(22)25-20(2,3)4)8-7-13-24-14-15-9-11-17(23-5)12-10-15/h6,9-12,16,18H,1,7-8,13-14,21H2,2-5H3/t16-,18+/m1/s1. The molecule has 0 saturated carbocycles. The van der Waals surface area contributed by atoms with E-state index in [4.69, 9.17) is 19.9 Å².